The Hall–Kier alpha value is -0.770. The first kappa shape index (κ1) is 34.7. The Kier molecular flexibility index (Phi) is 8.02. The van der Waals surface area contributed by atoms with E-state index in [-0.39, 0.29) is 35.7 Å². The number of fused-ring (bicyclic) bond motifs is 4. The molecule has 0 aromatic rings. The van der Waals surface area contributed by atoms with E-state index in [4.69, 9.17) is 18.9 Å². The van der Waals surface area contributed by atoms with Gasteiger partial charge in [-0.25, -0.2) is 0 Å². The van der Waals surface area contributed by atoms with E-state index in [1.807, 2.05) is 6.92 Å². The molecule has 1 spiro atoms. The van der Waals surface area contributed by atoms with Gasteiger partial charge in [-0.2, -0.15) is 0 Å². The van der Waals surface area contributed by atoms with Gasteiger partial charge in [0.25, 0.3) is 0 Å². The maximum absolute atomic E-state index is 13.6. The Morgan fingerprint density at radius 1 is 0.936 bits per heavy atom. The average molecular weight is 669 g/mol. The van der Waals surface area contributed by atoms with Gasteiger partial charge in [-0.3, -0.25) is 4.79 Å². The van der Waals surface area contributed by atoms with E-state index in [1.54, 1.807) is 7.11 Å². The third-order valence-electron chi connectivity index (χ3n) is 15.7. The molecule has 0 amide bonds. The molecule has 19 atom stereocenters. The van der Waals surface area contributed by atoms with E-state index in [0.717, 1.165) is 32.1 Å². The minimum absolute atomic E-state index is 0.00690. The van der Waals surface area contributed by atoms with Crippen LogP contribution in [0.25, 0.3) is 0 Å². The Labute approximate surface area is 276 Å². The van der Waals surface area contributed by atoms with Crippen molar-refractivity contribution in [2.24, 2.45) is 45.8 Å². The summed E-state index contributed by atoms with van der Waals surface area (Å²) in [5.74, 6) is 0.944. The number of carbonyl (C=O) groups excluding carboxylic acids is 1. The predicted octanol–water partition coefficient (Wildman–Crippen LogP) is 0.634. The van der Waals surface area contributed by atoms with Crippen LogP contribution in [0.5, 0.6) is 0 Å². The van der Waals surface area contributed by atoms with Gasteiger partial charge >= 0.3 is 0 Å². The molecule has 12 heteroatoms. The summed E-state index contributed by atoms with van der Waals surface area (Å²) in [7, 11) is 1.78. The lowest BCUT2D eigenvalue weighted by molar-refractivity contribution is -0.400. The van der Waals surface area contributed by atoms with Crippen LogP contribution in [0.15, 0.2) is 0 Å². The molecule has 5 aliphatic carbocycles. The lowest BCUT2D eigenvalue weighted by Crippen LogP contribution is -2.69. The summed E-state index contributed by atoms with van der Waals surface area (Å²) in [5.41, 5.74) is -5.90. The Morgan fingerprint density at radius 2 is 1.62 bits per heavy atom. The number of aliphatic hydroxyl groups is 7. The van der Waals surface area contributed by atoms with E-state index in [9.17, 15) is 40.5 Å². The molecule has 0 aromatic carbocycles. The highest BCUT2D eigenvalue weighted by atomic mass is 16.8. The summed E-state index contributed by atoms with van der Waals surface area (Å²) in [5, 5.41) is 76.7. The van der Waals surface area contributed by atoms with Crippen LogP contribution in [0.1, 0.15) is 86.0 Å². The zero-order valence-electron chi connectivity index (χ0n) is 28.5. The van der Waals surface area contributed by atoms with Crippen molar-refractivity contribution in [2.75, 3.05) is 13.7 Å². The summed E-state index contributed by atoms with van der Waals surface area (Å²) in [6.07, 6.45) is -4.62. The molecule has 7 fully saturated rings. The zero-order chi connectivity index (χ0) is 34.3. The van der Waals surface area contributed by atoms with Crippen molar-refractivity contribution < 1.29 is 59.5 Å². The van der Waals surface area contributed by atoms with Crippen molar-refractivity contribution in [3.8, 4) is 0 Å². The highest BCUT2D eigenvalue weighted by Crippen LogP contribution is 2.81. The summed E-state index contributed by atoms with van der Waals surface area (Å²) >= 11 is 0. The standard InChI is InChI=1S/C35H56O12/c1-16(21-14-31(3,41)33(5,42)29(46-21)47-28-27(40)26(39)25(38)22(15-36)45-28)35(43)10-8-19-18-12-24(44-6)34-13-17(34)11-23(37)32(34,4)20(18)7-9-30(19,35)2/h16-22,24-29,36,38-43H,7-15H2,1-6H3. The normalized spacial score (nSPS) is 60.7. The first-order valence-electron chi connectivity index (χ1n) is 17.7. The fraction of sp³-hybridized carbons (Fsp3) is 0.971. The third-order valence-corrected chi connectivity index (χ3v) is 15.7. The highest BCUT2D eigenvalue weighted by molar-refractivity contribution is 5.91. The van der Waals surface area contributed by atoms with Gasteiger partial charge in [0.2, 0.25) is 0 Å². The molecule has 2 saturated heterocycles. The van der Waals surface area contributed by atoms with E-state index in [0.29, 0.717) is 24.5 Å². The van der Waals surface area contributed by atoms with Gasteiger partial charge in [-0.1, -0.05) is 20.8 Å². The van der Waals surface area contributed by atoms with Crippen LogP contribution in [0.4, 0.5) is 0 Å². The largest absolute Gasteiger partial charge is 0.394 e. The van der Waals surface area contributed by atoms with Crippen molar-refractivity contribution in [2.45, 2.75) is 152 Å². The van der Waals surface area contributed by atoms with Crippen molar-refractivity contribution in [1.82, 2.24) is 0 Å². The molecule has 0 radical (unpaired) electrons. The van der Waals surface area contributed by atoms with Crippen LogP contribution in [-0.2, 0) is 23.7 Å². The highest BCUT2D eigenvalue weighted by Gasteiger charge is 2.81. The number of hydrogen-bond acceptors (Lipinski definition) is 12. The first-order valence-corrected chi connectivity index (χ1v) is 17.7. The Balaban J connectivity index is 1.14. The first-order chi connectivity index (χ1) is 21.9. The molecule has 0 bridgehead atoms. The van der Waals surface area contributed by atoms with E-state index in [2.05, 4.69) is 13.8 Å². The number of methoxy groups -OCH3 is 1. The number of ketones is 1. The van der Waals surface area contributed by atoms with Gasteiger partial charge in [0.05, 0.1) is 30.0 Å². The Morgan fingerprint density at radius 3 is 2.28 bits per heavy atom. The number of rotatable bonds is 6. The Bertz CT molecular complexity index is 1260. The summed E-state index contributed by atoms with van der Waals surface area (Å²) in [4.78, 5) is 13.6. The molecule has 12 nitrogen and oxygen atoms in total. The fourth-order valence-corrected chi connectivity index (χ4v) is 12.4. The van der Waals surface area contributed by atoms with Crippen LogP contribution in [0.2, 0.25) is 0 Å². The zero-order valence-corrected chi connectivity index (χ0v) is 28.5. The van der Waals surface area contributed by atoms with Crippen LogP contribution in [-0.4, -0.2) is 121 Å². The lowest BCUT2D eigenvalue weighted by Gasteiger charge is -2.62. The number of carbonyl (C=O) groups is 1. The molecule has 7 rings (SSSR count). The second-order valence-corrected chi connectivity index (χ2v) is 17.3. The molecule has 2 heterocycles. The third kappa shape index (κ3) is 4.30. The number of aliphatic hydroxyl groups excluding tert-OH is 4. The van der Waals surface area contributed by atoms with Crippen LogP contribution >= 0.6 is 0 Å². The molecule has 7 aliphatic rings. The van der Waals surface area contributed by atoms with Crippen molar-refractivity contribution >= 4 is 5.78 Å². The molecule has 268 valence electrons. The van der Waals surface area contributed by atoms with Crippen LogP contribution in [0.3, 0.4) is 0 Å². The van der Waals surface area contributed by atoms with Crippen molar-refractivity contribution in [3.63, 3.8) is 0 Å². The molecule has 0 aromatic heterocycles. The molecule has 2 aliphatic heterocycles. The minimum atomic E-state index is -2.00. The van der Waals surface area contributed by atoms with E-state index >= 15 is 0 Å². The molecule has 5 saturated carbocycles. The maximum Gasteiger partial charge on any atom is 0.192 e. The summed E-state index contributed by atoms with van der Waals surface area (Å²) in [6, 6.07) is 0. The second kappa shape index (κ2) is 10.9. The fourth-order valence-electron chi connectivity index (χ4n) is 12.4. The lowest BCUT2D eigenvalue weighted by atomic mass is 9.44. The monoisotopic (exact) mass is 668 g/mol. The SMILES string of the molecule is COC1CC2C3CCC(O)(C(C)C4CC(C)(O)C(C)(O)C(OC5OC(CO)C(O)C(O)C5O)O4)C3(C)CCC2C2(C)C(=O)CC3CC312. The van der Waals surface area contributed by atoms with Crippen LogP contribution < -0.4 is 0 Å². The van der Waals surface area contributed by atoms with E-state index < -0.39 is 83.3 Å². The topological polar surface area (TPSA) is 196 Å². The van der Waals surface area contributed by atoms with Gasteiger partial charge in [0.1, 0.15) is 35.8 Å². The van der Waals surface area contributed by atoms with Crippen molar-refractivity contribution in [1.29, 1.82) is 0 Å². The minimum Gasteiger partial charge on any atom is -0.394 e. The quantitative estimate of drug-likeness (QED) is 0.209. The number of hydrogen-bond donors (Lipinski definition) is 7. The molecule has 7 N–H and O–H groups in total. The van der Waals surface area contributed by atoms with Gasteiger partial charge in [0, 0.05) is 36.7 Å². The number of Topliss-reactive ketones (excluding diaryl/α,β-unsaturated/α-hetero) is 1. The van der Waals surface area contributed by atoms with Crippen molar-refractivity contribution in [3.05, 3.63) is 0 Å². The second-order valence-electron chi connectivity index (χ2n) is 17.3. The van der Waals surface area contributed by atoms with Gasteiger partial charge in [0.15, 0.2) is 12.6 Å². The predicted molar refractivity (Wildman–Crippen MR) is 164 cm³/mol. The average Bonchev–Trinajstić information content (AvgIpc) is 3.59. The van der Waals surface area contributed by atoms with Gasteiger partial charge in [-0.15, -0.1) is 0 Å². The molecular formula is C35H56O12. The van der Waals surface area contributed by atoms with E-state index in [1.165, 1.54) is 13.8 Å². The van der Waals surface area contributed by atoms with Crippen LogP contribution in [0, 0.1) is 45.8 Å². The molecule has 47 heavy (non-hydrogen) atoms. The maximum atomic E-state index is 13.6. The molecular weight excluding hydrogens is 612 g/mol. The van der Waals surface area contributed by atoms with Gasteiger partial charge in [-0.05, 0) is 81.5 Å². The smallest absolute Gasteiger partial charge is 0.192 e. The number of ether oxygens (including phenoxy) is 4. The van der Waals surface area contributed by atoms with Gasteiger partial charge < -0.3 is 54.7 Å². The molecule has 19 unspecified atom stereocenters. The summed E-state index contributed by atoms with van der Waals surface area (Å²) < 4.78 is 24.0. The summed E-state index contributed by atoms with van der Waals surface area (Å²) in [6.45, 7) is 8.45.